The molecule has 0 spiro atoms. The third kappa shape index (κ3) is 4.07. The highest BCUT2D eigenvalue weighted by Crippen LogP contribution is 2.28. The molecular formula is C20H21FN2O5S. The number of hydrogen-bond donors (Lipinski definition) is 1. The first-order valence-electron chi connectivity index (χ1n) is 9.03. The first kappa shape index (κ1) is 21.1. The van der Waals surface area contributed by atoms with Gasteiger partial charge in [0, 0.05) is 13.7 Å². The van der Waals surface area contributed by atoms with Crippen LogP contribution in [0.25, 0.3) is 10.2 Å². The number of carbonyl (C=O) groups is 1. The van der Waals surface area contributed by atoms with Crippen LogP contribution >= 0.6 is 11.3 Å². The van der Waals surface area contributed by atoms with Crippen molar-refractivity contribution >= 4 is 27.3 Å². The molecule has 0 saturated heterocycles. The number of benzene rings is 1. The Morgan fingerprint density at radius 3 is 2.48 bits per heavy atom. The lowest BCUT2D eigenvalue weighted by Crippen LogP contribution is -2.40. The summed E-state index contributed by atoms with van der Waals surface area (Å²) in [6.45, 7) is 1.28. The summed E-state index contributed by atoms with van der Waals surface area (Å²) in [6.07, 6.45) is 0.435. The molecule has 1 aromatic carbocycles. The average Bonchev–Trinajstić information content (AvgIpc) is 3.04. The molecule has 2 aromatic heterocycles. The number of ketones is 1. The van der Waals surface area contributed by atoms with Crippen LogP contribution < -0.4 is 11.2 Å². The second-order valence-electron chi connectivity index (χ2n) is 6.58. The maximum Gasteiger partial charge on any atom is 0.332 e. The van der Waals surface area contributed by atoms with E-state index in [9.17, 15) is 23.9 Å². The maximum absolute atomic E-state index is 13.1. The molecule has 9 heteroatoms. The van der Waals surface area contributed by atoms with Gasteiger partial charge in [0.25, 0.3) is 5.56 Å². The van der Waals surface area contributed by atoms with Gasteiger partial charge in [0.2, 0.25) is 0 Å². The lowest BCUT2D eigenvalue weighted by atomic mass is 10.1. The molecule has 0 aliphatic rings. The molecular weight excluding hydrogens is 399 g/mol. The van der Waals surface area contributed by atoms with Crippen molar-refractivity contribution in [3.05, 3.63) is 66.9 Å². The molecule has 0 saturated carbocycles. The van der Waals surface area contributed by atoms with Gasteiger partial charge in [-0.1, -0.05) is 12.1 Å². The minimum absolute atomic E-state index is 0.127. The maximum atomic E-state index is 13.1. The summed E-state index contributed by atoms with van der Waals surface area (Å²) in [7, 11) is 1.41. The number of carbonyl (C=O) groups excluding carboxylic acids is 1. The third-order valence-electron chi connectivity index (χ3n) is 4.68. The molecule has 29 heavy (non-hydrogen) atoms. The average molecular weight is 420 g/mol. The van der Waals surface area contributed by atoms with E-state index in [-0.39, 0.29) is 37.9 Å². The lowest BCUT2D eigenvalue weighted by molar-refractivity contribution is 0.0851. The quantitative estimate of drug-likeness (QED) is 0.561. The first-order chi connectivity index (χ1) is 13.9. The zero-order valence-electron chi connectivity index (χ0n) is 16.1. The summed E-state index contributed by atoms with van der Waals surface area (Å²) in [6, 6.07) is 5.96. The number of aromatic nitrogens is 2. The molecule has 0 bridgehead atoms. The van der Waals surface area contributed by atoms with E-state index < -0.39 is 11.2 Å². The topological polar surface area (TPSA) is 90.5 Å². The molecule has 3 rings (SSSR count). The van der Waals surface area contributed by atoms with Crippen LogP contribution in [0.4, 0.5) is 4.39 Å². The van der Waals surface area contributed by atoms with E-state index in [1.165, 1.54) is 23.8 Å². The number of aliphatic hydroxyl groups is 1. The smallest absolute Gasteiger partial charge is 0.332 e. The standard InChI is InChI=1S/C20H21FN2O5S/c1-12-16-18(26)22(9-10-24)20(27)23(8-7-13-3-5-14(21)6-4-13)19(16)29-17(12)15(25)11-28-2/h3-6,24H,7-11H2,1-2H3. The number of methoxy groups -OCH3 is 1. The summed E-state index contributed by atoms with van der Waals surface area (Å²) < 4.78 is 20.5. The number of aryl methyl sites for hydroxylation is 3. The summed E-state index contributed by atoms with van der Waals surface area (Å²) in [5.74, 6) is -0.614. The molecule has 7 nitrogen and oxygen atoms in total. The van der Waals surface area contributed by atoms with Crippen molar-refractivity contribution in [2.24, 2.45) is 0 Å². The molecule has 0 atom stereocenters. The number of halogens is 1. The predicted molar refractivity (Wildman–Crippen MR) is 108 cm³/mol. The zero-order chi connectivity index (χ0) is 21.1. The van der Waals surface area contributed by atoms with Gasteiger partial charge in [-0.3, -0.25) is 18.7 Å². The van der Waals surface area contributed by atoms with Crippen LogP contribution in [0.15, 0.2) is 33.9 Å². The van der Waals surface area contributed by atoms with Crippen molar-refractivity contribution < 1.29 is 19.0 Å². The molecule has 0 amide bonds. The summed E-state index contributed by atoms with van der Waals surface area (Å²) >= 11 is 1.09. The number of rotatable bonds is 8. The van der Waals surface area contributed by atoms with Crippen molar-refractivity contribution in [3.8, 4) is 0 Å². The molecule has 0 radical (unpaired) electrons. The van der Waals surface area contributed by atoms with E-state index in [1.807, 2.05) is 0 Å². The molecule has 1 N–H and O–H groups in total. The second kappa shape index (κ2) is 8.81. The van der Waals surface area contributed by atoms with Gasteiger partial charge >= 0.3 is 5.69 Å². The van der Waals surface area contributed by atoms with Gasteiger partial charge in [-0.25, -0.2) is 9.18 Å². The number of nitrogens with zero attached hydrogens (tertiary/aromatic N) is 2. The fourth-order valence-corrected chi connectivity index (χ4v) is 4.49. The van der Waals surface area contributed by atoms with Gasteiger partial charge in [-0.15, -0.1) is 11.3 Å². The third-order valence-corrected chi connectivity index (χ3v) is 6.04. The van der Waals surface area contributed by atoms with Crippen molar-refractivity contribution in [3.63, 3.8) is 0 Å². The van der Waals surface area contributed by atoms with E-state index in [0.29, 0.717) is 27.1 Å². The van der Waals surface area contributed by atoms with Crippen LogP contribution in [0.5, 0.6) is 0 Å². The minimum atomic E-state index is -0.550. The Bertz CT molecular complexity index is 1160. The number of Topliss-reactive ketones (excluding diaryl/α,β-unsaturated/α-hetero) is 1. The van der Waals surface area contributed by atoms with Crippen molar-refractivity contribution in [2.75, 3.05) is 20.3 Å². The molecule has 2 heterocycles. The SMILES string of the molecule is COCC(=O)c1sc2c(c1C)c(=O)n(CCO)c(=O)n2CCc1ccc(F)cc1. The zero-order valence-corrected chi connectivity index (χ0v) is 16.9. The van der Waals surface area contributed by atoms with E-state index in [0.717, 1.165) is 21.5 Å². The van der Waals surface area contributed by atoms with Gasteiger partial charge in [-0.2, -0.15) is 0 Å². The van der Waals surface area contributed by atoms with Gasteiger partial charge in [-0.05, 0) is 36.6 Å². The number of ether oxygens (including phenoxy) is 1. The Labute approximate surface area is 169 Å². The predicted octanol–water partition coefficient (Wildman–Crippen LogP) is 1.74. The molecule has 0 aliphatic carbocycles. The summed E-state index contributed by atoms with van der Waals surface area (Å²) in [5, 5.41) is 9.58. The molecule has 3 aromatic rings. The van der Waals surface area contributed by atoms with Crippen LogP contribution in [0.2, 0.25) is 0 Å². The van der Waals surface area contributed by atoms with Crippen molar-refractivity contribution in [2.45, 2.75) is 26.4 Å². The van der Waals surface area contributed by atoms with Crippen LogP contribution in [-0.2, 0) is 24.2 Å². The summed E-state index contributed by atoms with van der Waals surface area (Å²) in [4.78, 5) is 39.0. The fourth-order valence-electron chi connectivity index (χ4n) is 3.24. The number of thiophene rings is 1. The Hall–Kier alpha value is -2.62. The second-order valence-corrected chi connectivity index (χ2v) is 7.58. The number of aliphatic hydroxyl groups excluding tert-OH is 1. The van der Waals surface area contributed by atoms with Gasteiger partial charge in [0.15, 0.2) is 5.78 Å². The van der Waals surface area contributed by atoms with E-state index in [1.54, 1.807) is 19.1 Å². The molecule has 0 aliphatic heterocycles. The Morgan fingerprint density at radius 2 is 1.86 bits per heavy atom. The van der Waals surface area contributed by atoms with Crippen LogP contribution in [0.3, 0.4) is 0 Å². The van der Waals surface area contributed by atoms with Crippen LogP contribution in [0, 0.1) is 12.7 Å². The Morgan fingerprint density at radius 1 is 1.17 bits per heavy atom. The first-order valence-corrected chi connectivity index (χ1v) is 9.84. The normalized spacial score (nSPS) is 11.3. The number of fused-ring (bicyclic) bond motifs is 1. The Balaban J connectivity index is 2.16. The van der Waals surface area contributed by atoms with E-state index in [2.05, 4.69) is 0 Å². The highest BCUT2D eigenvalue weighted by Gasteiger charge is 2.22. The fraction of sp³-hybridized carbons (Fsp3) is 0.350. The Kier molecular flexibility index (Phi) is 6.41. The minimum Gasteiger partial charge on any atom is -0.395 e. The van der Waals surface area contributed by atoms with E-state index in [4.69, 9.17) is 4.74 Å². The monoisotopic (exact) mass is 420 g/mol. The van der Waals surface area contributed by atoms with Gasteiger partial charge in [0.1, 0.15) is 17.3 Å². The lowest BCUT2D eigenvalue weighted by Gasteiger charge is -2.11. The van der Waals surface area contributed by atoms with Crippen LogP contribution in [0.1, 0.15) is 20.8 Å². The summed E-state index contributed by atoms with van der Waals surface area (Å²) in [5.41, 5.74) is 0.252. The molecule has 154 valence electrons. The highest BCUT2D eigenvalue weighted by molar-refractivity contribution is 7.20. The number of hydrogen-bond acceptors (Lipinski definition) is 6. The van der Waals surface area contributed by atoms with Gasteiger partial charge < -0.3 is 9.84 Å². The van der Waals surface area contributed by atoms with Crippen LogP contribution in [-0.4, -0.2) is 40.3 Å². The molecule has 0 unspecified atom stereocenters. The van der Waals surface area contributed by atoms with Crippen molar-refractivity contribution in [1.29, 1.82) is 0 Å². The van der Waals surface area contributed by atoms with E-state index >= 15 is 0 Å². The largest absolute Gasteiger partial charge is 0.395 e. The van der Waals surface area contributed by atoms with Gasteiger partial charge in [0.05, 0.1) is 23.4 Å². The highest BCUT2D eigenvalue weighted by atomic mass is 32.1. The van der Waals surface area contributed by atoms with Crippen molar-refractivity contribution in [1.82, 2.24) is 9.13 Å². The molecule has 0 fully saturated rings.